The molecule has 31 heavy (non-hydrogen) atoms. The van der Waals surface area contributed by atoms with Crippen molar-refractivity contribution in [2.75, 3.05) is 38.7 Å². The third-order valence-corrected chi connectivity index (χ3v) is 6.51. The van der Waals surface area contributed by atoms with Crippen LogP contribution in [0.25, 0.3) is 10.2 Å². The number of methoxy groups -OCH3 is 1. The monoisotopic (exact) mass is 442 g/mol. The van der Waals surface area contributed by atoms with Crippen molar-refractivity contribution in [3.63, 3.8) is 0 Å². The summed E-state index contributed by atoms with van der Waals surface area (Å²) >= 11 is 1.20. The number of nitrogens with one attached hydrogen (secondary N) is 2. The maximum atomic E-state index is 12.7. The number of anilines is 1. The molecule has 0 saturated carbocycles. The number of nitrogens with zero attached hydrogens (tertiary/aromatic N) is 2. The number of aryl methyl sites for hydroxylation is 1. The lowest BCUT2D eigenvalue weighted by Crippen LogP contribution is -2.27. The molecule has 4 rings (SSSR count). The number of ether oxygens (including phenoxy) is 2. The molecule has 0 radical (unpaired) electrons. The van der Waals surface area contributed by atoms with Gasteiger partial charge in [0.2, 0.25) is 0 Å². The average Bonchev–Trinajstić information content (AvgIpc) is 3.33. The summed E-state index contributed by atoms with van der Waals surface area (Å²) in [6.45, 7) is 4.61. The van der Waals surface area contributed by atoms with Crippen molar-refractivity contribution in [3.05, 3.63) is 57.0 Å². The lowest BCUT2D eigenvalue weighted by molar-refractivity contribution is 0.0393. The molecule has 1 fully saturated rings. The van der Waals surface area contributed by atoms with Crippen LogP contribution in [-0.4, -0.2) is 60.3 Å². The maximum Gasteiger partial charge on any atom is 0.348 e. The van der Waals surface area contributed by atoms with E-state index in [1.807, 2.05) is 18.2 Å². The summed E-state index contributed by atoms with van der Waals surface area (Å²) in [6.07, 6.45) is 1.02. The van der Waals surface area contributed by atoms with E-state index in [0.29, 0.717) is 45.7 Å². The van der Waals surface area contributed by atoms with Crippen LogP contribution in [0.4, 0.5) is 5.69 Å². The molecular weight excluding hydrogens is 416 g/mol. The summed E-state index contributed by atoms with van der Waals surface area (Å²) in [7, 11) is 1.55. The highest BCUT2D eigenvalue weighted by molar-refractivity contribution is 7.20. The molecule has 8 nitrogen and oxygen atoms in total. The normalized spacial score (nSPS) is 16.6. The highest BCUT2D eigenvalue weighted by atomic mass is 32.1. The summed E-state index contributed by atoms with van der Waals surface area (Å²) in [5.74, 6) is 0.159. The fourth-order valence-electron chi connectivity index (χ4n) is 3.82. The average molecular weight is 443 g/mol. The first kappa shape index (κ1) is 21.5. The van der Waals surface area contributed by atoms with Gasteiger partial charge in [-0.15, -0.1) is 11.3 Å². The van der Waals surface area contributed by atoms with Gasteiger partial charge >= 0.3 is 5.97 Å². The highest BCUT2D eigenvalue weighted by Gasteiger charge is 2.24. The summed E-state index contributed by atoms with van der Waals surface area (Å²) < 4.78 is 10.1. The number of benzene rings is 1. The van der Waals surface area contributed by atoms with Gasteiger partial charge in [0.25, 0.3) is 5.56 Å². The Kier molecular flexibility index (Phi) is 6.64. The van der Waals surface area contributed by atoms with E-state index in [1.54, 1.807) is 14.0 Å². The summed E-state index contributed by atoms with van der Waals surface area (Å²) in [5.41, 5.74) is 1.50. The Bertz CT molecular complexity index is 1110. The summed E-state index contributed by atoms with van der Waals surface area (Å²) in [5, 5.41) is 4.01. The number of para-hydroxylation sites is 1. The van der Waals surface area contributed by atoms with Crippen molar-refractivity contribution < 1.29 is 14.3 Å². The molecule has 0 amide bonds. The van der Waals surface area contributed by atoms with E-state index in [2.05, 4.69) is 32.3 Å². The van der Waals surface area contributed by atoms with Crippen LogP contribution in [0.5, 0.6) is 0 Å². The van der Waals surface area contributed by atoms with E-state index in [-0.39, 0.29) is 12.2 Å². The van der Waals surface area contributed by atoms with E-state index < -0.39 is 5.97 Å². The van der Waals surface area contributed by atoms with Gasteiger partial charge in [0.15, 0.2) is 0 Å². The SMILES string of the molecule is COCCOC(=O)c1sc2nc(CN3CCC(Nc4ccccc4)C3)[nH]c(=O)c2c1C. The first-order chi connectivity index (χ1) is 15.0. The standard InChI is InChI=1S/C22H26N4O4S/c1-14-18-20(27)24-17(25-21(18)31-19(14)22(28)30-11-10-29-2)13-26-9-8-16(12-26)23-15-6-4-3-5-7-15/h3-7,16,23H,8-13H2,1-2H3,(H,24,25,27). The molecule has 1 unspecified atom stereocenters. The number of fused-ring (bicyclic) bond motifs is 1. The van der Waals surface area contributed by atoms with Gasteiger partial charge in [0, 0.05) is 31.9 Å². The van der Waals surface area contributed by atoms with Crippen LogP contribution in [0, 0.1) is 6.92 Å². The minimum absolute atomic E-state index is 0.172. The molecular formula is C22H26N4O4S. The van der Waals surface area contributed by atoms with Crippen molar-refractivity contribution in [2.45, 2.75) is 25.9 Å². The van der Waals surface area contributed by atoms with E-state index in [1.165, 1.54) is 11.3 Å². The van der Waals surface area contributed by atoms with Crippen LogP contribution in [0.1, 0.15) is 27.5 Å². The largest absolute Gasteiger partial charge is 0.459 e. The molecule has 3 aromatic rings. The fourth-order valence-corrected chi connectivity index (χ4v) is 4.91. The Labute approximate surface area is 184 Å². The molecule has 0 aliphatic carbocycles. The molecule has 164 valence electrons. The first-order valence-corrected chi connectivity index (χ1v) is 11.1. The van der Waals surface area contributed by atoms with Crippen molar-refractivity contribution in [2.24, 2.45) is 0 Å². The van der Waals surface area contributed by atoms with Gasteiger partial charge in [0.1, 0.15) is 22.1 Å². The molecule has 3 heterocycles. The first-order valence-electron chi connectivity index (χ1n) is 10.3. The number of H-pyrrole nitrogens is 1. The van der Waals surface area contributed by atoms with Crippen LogP contribution in [0.15, 0.2) is 35.1 Å². The molecule has 9 heteroatoms. The molecule has 0 spiro atoms. The Morgan fingerprint density at radius 1 is 1.32 bits per heavy atom. The highest BCUT2D eigenvalue weighted by Crippen LogP contribution is 2.28. The quantitative estimate of drug-likeness (QED) is 0.409. The Balaban J connectivity index is 1.45. The zero-order valence-electron chi connectivity index (χ0n) is 17.6. The van der Waals surface area contributed by atoms with Gasteiger partial charge in [-0.1, -0.05) is 18.2 Å². The number of hydrogen-bond donors (Lipinski definition) is 2. The third kappa shape index (κ3) is 4.95. The van der Waals surface area contributed by atoms with Gasteiger partial charge < -0.3 is 19.8 Å². The van der Waals surface area contributed by atoms with Crippen LogP contribution in [-0.2, 0) is 16.0 Å². The van der Waals surface area contributed by atoms with Gasteiger partial charge in [-0.05, 0) is 31.0 Å². The smallest absolute Gasteiger partial charge is 0.348 e. The second kappa shape index (κ2) is 9.59. The number of thiophene rings is 1. The predicted molar refractivity (Wildman–Crippen MR) is 121 cm³/mol. The minimum atomic E-state index is -0.451. The molecule has 1 atom stereocenters. The van der Waals surface area contributed by atoms with Crippen molar-refractivity contribution in [1.29, 1.82) is 0 Å². The number of aromatic nitrogens is 2. The van der Waals surface area contributed by atoms with Crippen molar-refractivity contribution in [3.8, 4) is 0 Å². The third-order valence-electron chi connectivity index (χ3n) is 5.35. The zero-order valence-corrected chi connectivity index (χ0v) is 18.5. The molecule has 1 aliphatic heterocycles. The molecule has 2 aromatic heterocycles. The Morgan fingerprint density at radius 3 is 2.90 bits per heavy atom. The second-order valence-corrected chi connectivity index (χ2v) is 8.61. The zero-order chi connectivity index (χ0) is 21.8. The molecule has 1 aromatic carbocycles. The van der Waals surface area contributed by atoms with Gasteiger partial charge in [-0.3, -0.25) is 9.69 Å². The lowest BCUT2D eigenvalue weighted by Gasteiger charge is -2.17. The summed E-state index contributed by atoms with van der Waals surface area (Å²) in [6, 6.07) is 10.5. The number of aromatic amines is 1. The predicted octanol–water partition coefficient (Wildman–Crippen LogP) is 2.78. The van der Waals surface area contributed by atoms with Crippen LogP contribution < -0.4 is 10.9 Å². The molecule has 2 N–H and O–H groups in total. The lowest BCUT2D eigenvalue weighted by atomic mass is 10.2. The van der Waals surface area contributed by atoms with Crippen molar-refractivity contribution in [1.82, 2.24) is 14.9 Å². The Morgan fingerprint density at radius 2 is 2.13 bits per heavy atom. The van der Waals surface area contributed by atoms with Crippen LogP contribution >= 0.6 is 11.3 Å². The van der Waals surface area contributed by atoms with E-state index >= 15 is 0 Å². The van der Waals surface area contributed by atoms with E-state index in [0.717, 1.165) is 25.2 Å². The van der Waals surface area contributed by atoms with Crippen LogP contribution in [0.3, 0.4) is 0 Å². The number of likely N-dealkylation sites (tertiary alicyclic amines) is 1. The molecule has 0 bridgehead atoms. The number of carbonyl (C=O) groups is 1. The fraction of sp³-hybridized carbons (Fsp3) is 0.409. The molecule has 1 saturated heterocycles. The van der Waals surface area contributed by atoms with E-state index in [9.17, 15) is 9.59 Å². The number of carbonyl (C=O) groups excluding carboxylic acids is 1. The number of hydrogen-bond acceptors (Lipinski definition) is 8. The van der Waals surface area contributed by atoms with Crippen LogP contribution in [0.2, 0.25) is 0 Å². The van der Waals surface area contributed by atoms with Gasteiger partial charge in [-0.25, -0.2) is 9.78 Å². The van der Waals surface area contributed by atoms with Gasteiger partial charge in [0.05, 0.1) is 18.5 Å². The Hall–Kier alpha value is -2.75. The van der Waals surface area contributed by atoms with Gasteiger partial charge in [-0.2, -0.15) is 0 Å². The van der Waals surface area contributed by atoms with E-state index in [4.69, 9.17) is 9.47 Å². The van der Waals surface area contributed by atoms with Crippen molar-refractivity contribution >= 4 is 33.2 Å². The minimum Gasteiger partial charge on any atom is -0.459 e. The topological polar surface area (TPSA) is 96.6 Å². The second-order valence-electron chi connectivity index (χ2n) is 7.61. The summed E-state index contributed by atoms with van der Waals surface area (Å²) in [4.78, 5) is 35.8. The molecule has 1 aliphatic rings. The maximum absolute atomic E-state index is 12.7. The number of esters is 1. The number of rotatable bonds is 8.